The van der Waals surface area contributed by atoms with Gasteiger partial charge in [0.25, 0.3) is 10.0 Å². The molecule has 110 valence electrons. The number of carboxylic acids is 1. The monoisotopic (exact) mass is 313 g/mol. The number of aromatic carboxylic acids is 1. The smallest absolute Gasteiger partial charge is 0.337 e. The SMILES string of the molecule is O=C(O)c1ccc(F)cc1NS(=O)(=O)c1ccc(F)cc1. The van der Waals surface area contributed by atoms with Crippen LogP contribution < -0.4 is 4.72 Å². The average Bonchev–Trinajstić information content (AvgIpc) is 2.38. The Hall–Kier alpha value is -2.48. The highest BCUT2D eigenvalue weighted by atomic mass is 32.2. The van der Waals surface area contributed by atoms with Crippen LogP contribution in [-0.4, -0.2) is 19.5 Å². The first-order valence-electron chi connectivity index (χ1n) is 5.61. The zero-order valence-electron chi connectivity index (χ0n) is 10.4. The molecule has 2 aromatic rings. The Kier molecular flexibility index (Phi) is 3.90. The lowest BCUT2D eigenvalue weighted by molar-refractivity contribution is 0.0698. The van der Waals surface area contributed by atoms with Crippen LogP contribution in [0.15, 0.2) is 47.4 Å². The summed E-state index contributed by atoms with van der Waals surface area (Å²) >= 11 is 0. The number of benzene rings is 2. The van der Waals surface area contributed by atoms with Gasteiger partial charge in [-0.05, 0) is 42.5 Å². The van der Waals surface area contributed by atoms with Crippen molar-refractivity contribution in [1.82, 2.24) is 0 Å². The van der Waals surface area contributed by atoms with Crippen molar-refractivity contribution in [3.63, 3.8) is 0 Å². The highest BCUT2D eigenvalue weighted by Gasteiger charge is 2.19. The summed E-state index contributed by atoms with van der Waals surface area (Å²) in [7, 11) is -4.15. The van der Waals surface area contributed by atoms with Crippen LogP contribution in [0.1, 0.15) is 10.4 Å². The van der Waals surface area contributed by atoms with E-state index in [9.17, 15) is 22.0 Å². The van der Waals surface area contributed by atoms with E-state index in [1.54, 1.807) is 0 Å². The standard InChI is InChI=1S/C13H9F2NO4S/c14-8-1-4-10(5-2-8)21(19,20)16-12-7-9(15)3-6-11(12)13(17)18/h1-7,16H,(H,17,18). The second kappa shape index (κ2) is 5.49. The van der Waals surface area contributed by atoms with Gasteiger partial charge >= 0.3 is 5.97 Å². The van der Waals surface area contributed by atoms with Gasteiger partial charge in [0.2, 0.25) is 0 Å². The molecule has 0 radical (unpaired) electrons. The lowest BCUT2D eigenvalue weighted by Gasteiger charge is -2.10. The number of carbonyl (C=O) groups is 1. The van der Waals surface area contributed by atoms with Gasteiger partial charge in [-0.2, -0.15) is 0 Å². The second-order valence-corrected chi connectivity index (χ2v) is 5.74. The van der Waals surface area contributed by atoms with Crippen LogP contribution in [0, 0.1) is 11.6 Å². The van der Waals surface area contributed by atoms with Crippen LogP contribution in [0.2, 0.25) is 0 Å². The molecular weight excluding hydrogens is 304 g/mol. The molecule has 5 nitrogen and oxygen atoms in total. The maximum atomic E-state index is 13.2. The lowest BCUT2D eigenvalue weighted by Crippen LogP contribution is -2.15. The van der Waals surface area contributed by atoms with Gasteiger partial charge in [-0.3, -0.25) is 4.72 Å². The van der Waals surface area contributed by atoms with Crippen molar-refractivity contribution < 1.29 is 27.1 Å². The fourth-order valence-corrected chi connectivity index (χ4v) is 2.68. The summed E-state index contributed by atoms with van der Waals surface area (Å²) < 4.78 is 52.0. The minimum atomic E-state index is -4.15. The summed E-state index contributed by atoms with van der Waals surface area (Å²) in [5.74, 6) is -2.82. The van der Waals surface area contributed by atoms with E-state index in [4.69, 9.17) is 5.11 Å². The molecular formula is C13H9F2NO4S. The largest absolute Gasteiger partial charge is 0.478 e. The van der Waals surface area contributed by atoms with E-state index in [2.05, 4.69) is 0 Å². The number of sulfonamides is 1. The van der Waals surface area contributed by atoms with Crippen molar-refractivity contribution >= 4 is 21.7 Å². The molecule has 0 aromatic heterocycles. The summed E-state index contributed by atoms with van der Waals surface area (Å²) in [5, 5.41) is 8.95. The predicted octanol–water partition coefficient (Wildman–Crippen LogP) is 2.46. The zero-order chi connectivity index (χ0) is 15.6. The summed E-state index contributed by atoms with van der Waals surface area (Å²) in [5.41, 5.74) is -0.811. The fourth-order valence-electron chi connectivity index (χ4n) is 1.60. The van der Waals surface area contributed by atoms with Crippen LogP contribution in [0.4, 0.5) is 14.5 Å². The van der Waals surface area contributed by atoms with Crippen LogP contribution in [0.25, 0.3) is 0 Å². The molecule has 0 atom stereocenters. The highest BCUT2D eigenvalue weighted by molar-refractivity contribution is 7.92. The third-order valence-electron chi connectivity index (χ3n) is 2.58. The van der Waals surface area contributed by atoms with Gasteiger partial charge < -0.3 is 5.11 Å². The molecule has 0 saturated heterocycles. The fraction of sp³-hybridized carbons (Fsp3) is 0. The zero-order valence-corrected chi connectivity index (χ0v) is 11.2. The summed E-state index contributed by atoms with van der Waals surface area (Å²) in [6.07, 6.45) is 0. The van der Waals surface area contributed by atoms with E-state index in [0.29, 0.717) is 0 Å². The van der Waals surface area contributed by atoms with Crippen molar-refractivity contribution in [2.45, 2.75) is 4.90 Å². The Bertz CT molecular complexity index is 788. The molecule has 0 unspecified atom stereocenters. The third-order valence-corrected chi connectivity index (χ3v) is 3.96. The quantitative estimate of drug-likeness (QED) is 0.908. The van der Waals surface area contributed by atoms with Gasteiger partial charge in [0, 0.05) is 0 Å². The molecule has 0 spiro atoms. The van der Waals surface area contributed by atoms with Gasteiger partial charge in [0.1, 0.15) is 11.6 Å². The summed E-state index contributed by atoms with van der Waals surface area (Å²) in [4.78, 5) is 10.7. The minimum absolute atomic E-state index is 0.274. The molecule has 21 heavy (non-hydrogen) atoms. The Morgan fingerprint density at radius 1 is 1.00 bits per heavy atom. The van der Waals surface area contributed by atoms with Crippen LogP contribution in [0.3, 0.4) is 0 Å². The maximum absolute atomic E-state index is 13.2. The van der Waals surface area contributed by atoms with E-state index < -0.39 is 38.9 Å². The average molecular weight is 313 g/mol. The second-order valence-electron chi connectivity index (χ2n) is 4.05. The number of anilines is 1. The van der Waals surface area contributed by atoms with Crippen molar-refractivity contribution in [1.29, 1.82) is 0 Å². The molecule has 0 aliphatic rings. The maximum Gasteiger partial charge on any atom is 0.337 e. The summed E-state index contributed by atoms with van der Waals surface area (Å²) in [6.45, 7) is 0. The number of nitrogens with one attached hydrogen (secondary N) is 1. The van der Waals surface area contributed by atoms with Gasteiger partial charge in [0.05, 0.1) is 16.1 Å². The van der Waals surface area contributed by atoms with Gasteiger partial charge in [-0.25, -0.2) is 22.0 Å². The van der Waals surface area contributed by atoms with Crippen LogP contribution >= 0.6 is 0 Å². The summed E-state index contributed by atoms with van der Waals surface area (Å²) in [6, 6.07) is 6.51. The molecule has 2 aromatic carbocycles. The Balaban J connectivity index is 2.43. The molecule has 8 heteroatoms. The first-order chi connectivity index (χ1) is 9.79. The molecule has 0 saturated carbocycles. The van der Waals surface area contributed by atoms with E-state index in [1.165, 1.54) is 0 Å². The molecule has 0 bridgehead atoms. The number of halogens is 2. The van der Waals surface area contributed by atoms with E-state index in [-0.39, 0.29) is 4.90 Å². The Morgan fingerprint density at radius 2 is 1.57 bits per heavy atom. The highest BCUT2D eigenvalue weighted by Crippen LogP contribution is 2.21. The third kappa shape index (κ3) is 3.34. The molecule has 0 aliphatic heterocycles. The van der Waals surface area contributed by atoms with E-state index >= 15 is 0 Å². The van der Waals surface area contributed by atoms with Crippen LogP contribution in [0.5, 0.6) is 0 Å². The molecule has 2 rings (SSSR count). The van der Waals surface area contributed by atoms with Gasteiger partial charge in [-0.15, -0.1) is 0 Å². The molecule has 2 N–H and O–H groups in total. The van der Waals surface area contributed by atoms with Gasteiger partial charge in [0.15, 0.2) is 0 Å². The van der Waals surface area contributed by atoms with Crippen molar-refractivity contribution in [3.8, 4) is 0 Å². The molecule has 0 fully saturated rings. The normalized spacial score (nSPS) is 11.1. The lowest BCUT2D eigenvalue weighted by atomic mass is 10.2. The predicted molar refractivity (Wildman–Crippen MR) is 70.6 cm³/mol. The number of carboxylic acid groups (broad SMARTS) is 1. The Labute approximate surface area is 118 Å². The van der Waals surface area contributed by atoms with Crippen molar-refractivity contribution in [2.75, 3.05) is 4.72 Å². The van der Waals surface area contributed by atoms with Crippen molar-refractivity contribution in [3.05, 3.63) is 59.7 Å². The Morgan fingerprint density at radius 3 is 2.14 bits per heavy atom. The first kappa shape index (κ1) is 14.9. The topological polar surface area (TPSA) is 83.5 Å². The number of hydrogen-bond acceptors (Lipinski definition) is 3. The molecule has 0 aliphatic carbocycles. The molecule has 0 heterocycles. The van der Waals surface area contributed by atoms with E-state index in [0.717, 1.165) is 42.5 Å². The van der Waals surface area contributed by atoms with E-state index in [1.807, 2.05) is 4.72 Å². The number of rotatable bonds is 4. The molecule has 0 amide bonds. The van der Waals surface area contributed by atoms with Crippen molar-refractivity contribution in [2.24, 2.45) is 0 Å². The van der Waals surface area contributed by atoms with Crippen LogP contribution in [-0.2, 0) is 10.0 Å². The van der Waals surface area contributed by atoms with Gasteiger partial charge in [-0.1, -0.05) is 0 Å². The minimum Gasteiger partial charge on any atom is -0.478 e. The number of hydrogen-bond donors (Lipinski definition) is 2. The first-order valence-corrected chi connectivity index (χ1v) is 7.09.